The van der Waals surface area contributed by atoms with Gasteiger partial charge < -0.3 is 4.52 Å². The van der Waals surface area contributed by atoms with Crippen LogP contribution in [0.15, 0.2) is 72.8 Å². The summed E-state index contributed by atoms with van der Waals surface area (Å²) in [6, 6.07) is 23.4. The second kappa shape index (κ2) is 5.86. The van der Waals surface area contributed by atoms with Crippen molar-refractivity contribution >= 4 is 23.4 Å². The Morgan fingerprint density at radius 1 is 0.783 bits per heavy atom. The van der Waals surface area contributed by atoms with Gasteiger partial charge in [-0.05, 0) is 55.8 Å². The first kappa shape index (κ1) is 15.8. The molecule has 0 aliphatic rings. The lowest BCUT2D eigenvalue weighted by atomic mass is 10.1. The van der Waals surface area contributed by atoms with E-state index >= 15 is 0 Å². The molecule has 3 aromatic rings. The average Bonchev–Trinajstić information content (AvgIpc) is 2.54. The topological polar surface area (TPSA) is 26.3 Å². The molecule has 0 radical (unpaired) electrons. The van der Waals surface area contributed by atoms with E-state index in [1.165, 1.54) is 0 Å². The maximum atomic E-state index is 13.7. The molecule has 0 aromatic heterocycles. The highest BCUT2D eigenvalue weighted by atomic mass is 31.2. The Kier molecular flexibility index (Phi) is 4.04. The van der Waals surface area contributed by atoms with Crippen LogP contribution in [0.3, 0.4) is 0 Å². The molecule has 0 bridgehead atoms. The van der Waals surface area contributed by atoms with Crippen LogP contribution in [0.25, 0.3) is 10.8 Å². The number of benzene rings is 3. The summed E-state index contributed by atoms with van der Waals surface area (Å²) in [6.45, 7) is 5.88. The van der Waals surface area contributed by atoms with Gasteiger partial charge in [-0.3, -0.25) is 4.57 Å². The Balaban J connectivity index is 2.06. The van der Waals surface area contributed by atoms with Crippen molar-refractivity contribution in [2.24, 2.45) is 0 Å². The van der Waals surface area contributed by atoms with Crippen molar-refractivity contribution in [3.05, 3.63) is 72.8 Å². The van der Waals surface area contributed by atoms with Gasteiger partial charge in [-0.2, -0.15) is 0 Å². The van der Waals surface area contributed by atoms with Gasteiger partial charge in [0, 0.05) is 5.30 Å². The minimum Gasteiger partial charge on any atom is -0.439 e. The zero-order valence-electron chi connectivity index (χ0n) is 13.7. The minimum atomic E-state index is -3.06. The zero-order chi connectivity index (χ0) is 16.5. The monoisotopic (exact) mass is 324 g/mol. The van der Waals surface area contributed by atoms with E-state index in [9.17, 15) is 4.57 Å². The van der Waals surface area contributed by atoms with E-state index in [1.807, 2.05) is 87.5 Å². The second-order valence-corrected chi connectivity index (χ2v) is 9.80. The Hall–Kier alpha value is -2.05. The molecule has 0 N–H and O–H groups in total. The fourth-order valence-corrected chi connectivity index (χ4v) is 4.70. The summed E-state index contributed by atoms with van der Waals surface area (Å²) >= 11 is 0. The zero-order valence-corrected chi connectivity index (χ0v) is 14.6. The highest BCUT2D eigenvalue weighted by Gasteiger charge is 2.41. The van der Waals surface area contributed by atoms with Crippen molar-refractivity contribution in [3.8, 4) is 5.75 Å². The van der Waals surface area contributed by atoms with Gasteiger partial charge >= 0.3 is 0 Å². The normalized spacial score (nSPS) is 14.4. The van der Waals surface area contributed by atoms with Crippen molar-refractivity contribution in [1.82, 2.24) is 0 Å². The summed E-state index contributed by atoms with van der Waals surface area (Å²) in [5.74, 6) is 0.644. The van der Waals surface area contributed by atoms with Crippen molar-refractivity contribution < 1.29 is 9.09 Å². The van der Waals surface area contributed by atoms with Crippen molar-refractivity contribution in [1.29, 1.82) is 0 Å². The molecule has 0 spiro atoms. The molecular weight excluding hydrogens is 303 g/mol. The number of rotatable bonds is 3. The quantitative estimate of drug-likeness (QED) is 0.584. The van der Waals surface area contributed by atoms with Crippen LogP contribution in [0, 0.1) is 0 Å². The van der Waals surface area contributed by atoms with E-state index in [0.717, 1.165) is 16.1 Å². The Labute approximate surface area is 137 Å². The van der Waals surface area contributed by atoms with E-state index in [0.29, 0.717) is 5.75 Å². The first-order valence-corrected chi connectivity index (χ1v) is 9.37. The molecule has 0 saturated heterocycles. The lowest BCUT2D eigenvalue weighted by molar-refractivity contribution is 0.462. The van der Waals surface area contributed by atoms with Gasteiger partial charge in [0.1, 0.15) is 5.75 Å². The van der Waals surface area contributed by atoms with E-state index in [-0.39, 0.29) is 0 Å². The van der Waals surface area contributed by atoms with E-state index in [1.54, 1.807) is 0 Å². The van der Waals surface area contributed by atoms with Crippen LogP contribution in [-0.2, 0) is 4.57 Å². The van der Waals surface area contributed by atoms with Gasteiger partial charge in [0.25, 0.3) is 7.37 Å². The summed E-state index contributed by atoms with van der Waals surface area (Å²) in [6.07, 6.45) is 0. The molecule has 1 atom stereocenters. The smallest absolute Gasteiger partial charge is 0.282 e. The third kappa shape index (κ3) is 3.04. The number of hydrogen-bond donors (Lipinski definition) is 0. The van der Waals surface area contributed by atoms with Gasteiger partial charge in [-0.25, -0.2) is 0 Å². The lowest BCUT2D eigenvalue weighted by Crippen LogP contribution is -2.26. The first-order chi connectivity index (χ1) is 10.9. The summed E-state index contributed by atoms with van der Waals surface area (Å²) in [5, 5.41) is 2.49. The third-order valence-corrected chi connectivity index (χ3v) is 7.15. The number of hydrogen-bond acceptors (Lipinski definition) is 2. The second-order valence-electron chi connectivity index (χ2n) is 6.66. The van der Waals surface area contributed by atoms with Crippen LogP contribution in [0.5, 0.6) is 5.75 Å². The van der Waals surface area contributed by atoms with Crippen molar-refractivity contribution in [2.75, 3.05) is 0 Å². The summed E-state index contributed by atoms with van der Waals surface area (Å²) in [7, 11) is -3.06. The third-order valence-electron chi connectivity index (χ3n) is 3.93. The van der Waals surface area contributed by atoms with Crippen molar-refractivity contribution in [2.45, 2.75) is 25.9 Å². The molecule has 23 heavy (non-hydrogen) atoms. The first-order valence-electron chi connectivity index (χ1n) is 7.74. The lowest BCUT2D eigenvalue weighted by Gasteiger charge is -2.31. The maximum absolute atomic E-state index is 13.7. The molecule has 3 aromatic carbocycles. The molecule has 3 heteroatoms. The van der Waals surface area contributed by atoms with E-state index in [4.69, 9.17) is 4.52 Å². The van der Waals surface area contributed by atoms with Crippen LogP contribution in [0.2, 0.25) is 0 Å². The fraction of sp³-hybridized carbons (Fsp3) is 0.200. The molecule has 0 heterocycles. The van der Waals surface area contributed by atoms with E-state index in [2.05, 4.69) is 6.07 Å². The van der Waals surface area contributed by atoms with Gasteiger partial charge in [-0.1, -0.05) is 48.5 Å². The van der Waals surface area contributed by atoms with Gasteiger partial charge in [0.2, 0.25) is 0 Å². The molecular formula is C20H21O2P. The van der Waals surface area contributed by atoms with Gasteiger partial charge in [-0.15, -0.1) is 0 Å². The highest BCUT2D eigenvalue weighted by molar-refractivity contribution is 7.68. The van der Waals surface area contributed by atoms with Gasteiger partial charge in [0.15, 0.2) is 0 Å². The summed E-state index contributed by atoms with van der Waals surface area (Å²) in [4.78, 5) is 0. The average molecular weight is 324 g/mol. The van der Waals surface area contributed by atoms with Crippen LogP contribution in [-0.4, -0.2) is 5.16 Å². The summed E-state index contributed by atoms with van der Waals surface area (Å²) < 4.78 is 19.8. The van der Waals surface area contributed by atoms with Crippen LogP contribution < -0.4 is 9.83 Å². The standard InChI is InChI=1S/C20H21O2P/c1-20(2,3)23(21,19-11-5-4-6-12-19)22-18-14-13-16-9-7-8-10-17(16)15-18/h4-15H,1-3H3. The Morgan fingerprint density at radius 2 is 1.39 bits per heavy atom. The molecule has 3 rings (SSSR count). The molecule has 0 saturated carbocycles. The molecule has 0 amide bonds. The molecule has 2 nitrogen and oxygen atoms in total. The van der Waals surface area contributed by atoms with Gasteiger partial charge in [0.05, 0.1) is 5.16 Å². The van der Waals surface area contributed by atoms with Crippen LogP contribution in [0.4, 0.5) is 0 Å². The highest BCUT2D eigenvalue weighted by Crippen LogP contribution is 2.57. The Morgan fingerprint density at radius 3 is 2.04 bits per heavy atom. The van der Waals surface area contributed by atoms with Crippen LogP contribution in [0.1, 0.15) is 20.8 Å². The molecule has 1 unspecified atom stereocenters. The van der Waals surface area contributed by atoms with Crippen LogP contribution >= 0.6 is 7.37 Å². The molecule has 118 valence electrons. The fourth-order valence-electron chi connectivity index (χ4n) is 2.57. The van der Waals surface area contributed by atoms with E-state index < -0.39 is 12.5 Å². The molecule has 0 aliphatic carbocycles. The SMILES string of the molecule is CC(C)(C)P(=O)(Oc1ccc2ccccc2c1)c1ccccc1. The predicted octanol–water partition coefficient (Wildman–Crippen LogP) is 5.62. The predicted molar refractivity (Wildman–Crippen MR) is 98.0 cm³/mol. The van der Waals surface area contributed by atoms with Crippen molar-refractivity contribution in [3.63, 3.8) is 0 Å². The maximum Gasteiger partial charge on any atom is 0.282 e. The number of fused-ring (bicyclic) bond motifs is 1. The molecule has 0 aliphatic heterocycles. The summed E-state index contributed by atoms with van der Waals surface area (Å²) in [5.41, 5.74) is 0. The Bertz CT molecular complexity index is 863. The molecule has 0 fully saturated rings. The largest absolute Gasteiger partial charge is 0.439 e. The minimum absolute atomic E-state index is 0.486.